The summed E-state index contributed by atoms with van der Waals surface area (Å²) >= 11 is 0. The van der Waals surface area contributed by atoms with Crippen molar-refractivity contribution < 1.29 is 22.7 Å². The minimum absolute atomic E-state index is 0.0355. The number of carbonyl (C=O) groups is 2. The van der Waals surface area contributed by atoms with Crippen LogP contribution in [-0.2, 0) is 26.2 Å². The van der Waals surface area contributed by atoms with E-state index in [-0.39, 0.29) is 23.4 Å². The Bertz CT molecular complexity index is 1420. The van der Waals surface area contributed by atoms with Gasteiger partial charge in [-0.05, 0) is 68.1 Å². The summed E-state index contributed by atoms with van der Waals surface area (Å²) in [4.78, 5) is 29.4. The highest BCUT2D eigenvalue weighted by Gasteiger charge is 2.34. The summed E-state index contributed by atoms with van der Waals surface area (Å²) in [6.45, 7) is 3.51. The monoisotopic (exact) mass is 591 g/mol. The van der Waals surface area contributed by atoms with Crippen LogP contribution in [0, 0.1) is 6.92 Å². The van der Waals surface area contributed by atoms with Gasteiger partial charge in [0.15, 0.2) is 0 Å². The highest BCUT2D eigenvalue weighted by Crippen LogP contribution is 2.27. The van der Waals surface area contributed by atoms with Crippen LogP contribution >= 0.6 is 0 Å². The lowest BCUT2D eigenvalue weighted by Crippen LogP contribution is -2.54. The quantitative estimate of drug-likeness (QED) is 0.302. The number of hydrogen-bond acceptors (Lipinski definition) is 5. The van der Waals surface area contributed by atoms with Crippen LogP contribution in [0.25, 0.3) is 0 Å². The number of amides is 2. The predicted octanol–water partition coefficient (Wildman–Crippen LogP) is 5.46. The van der Waals surface area contributed by atoms with Gasteiger partial charge < -0.3 is 15.0 Å². The van der Waals surface area contributed by atoms with E-state index in [2.05, 4.69) is 5.32 Å². The molecule has 0 aromatic heterocycles. The Morgan fingerprint density at radius 1 is 0.929 bits per heavy atom. The van der Waals surface area contributed by atoms with Gasteiger partial charge in [-0.2, -0.15) is 0 Å². The predicted molar refractivity (Wildman–Crippen MR) is 165 cm³/mol. The number of benzene rings is 3. The number of hydrogen-bond donors (Lipinski definition) is 1. The van der Waals surface area contributed by atoms with Crippen molar-refractivity contribution >= 4 is 27.5 Å². The first-order valence-corrected chi connectivity index (χ1v) is 16.0. The van der Waals surface area contributed by atoms with Crippen LogP contribution in [-0.4, -0.2) is 50.9 Å². The van der Waals surface area contributed by atoms with E-state index < -0.39 is 28.5 Å². The Kier molecular flexibility index (Phi) is 10.6. The van der Waals surface area contributed by atoms with E-state index >= 15 is 0 Å². The molecule has 3 aromatic carbocycles. The number of aryl methyl sites for hydroxylation is 1. The molecule has 0 heterocycles. The average Bonchev–Trinajstić information content (AvgIpc) is 3.01. The topological polar surface area (TPSA) is 96.0 Å². The second kappa shape index (κ2) is 14.4. The molecule has 0 aliphatic heterocycles. The van der Waals surface area contributed by atoms with E-state index in [4.69, 9.17) is 4.74 Å². The molecule has 1 N–H and O–H groups in total. The van der Waals surface area contributed by atoms with Crippen molar-refractivity contribution in [1.29, 1.82) is 0 Å². The molecule has 42 heavy (non-hydrogen) atoms. The number of rotatable bonds is 12. The highest BCUT2D eigenvalue weighted by molar-refractivity contribution is 7.92. The molecule has 2 amide bonds. The van der Waals surface area contributed by atoms with Gasteiger partial charge >= 0.3 is 0 Å². The van der Waals surface area contributed by atoms with E-state index in [9.17, 15) is 18.0 Å². The van der Waals surface area contributed by atoms with E-state index in [1.165, 1.54) is 30.6 Å². The average molecular weight is 592 g/mol. The molecule has 1 fully saturated rings. The zero-order valence-corrected chi connectivity index (χ0v) is 25.5. The zero-order chi connectivity index (χ0) is 30.1. The molecule has 1 atom stereocenters. The summed E-state index contributed by atoms with van der Waals surface area (Å²) < 4.78 is 34.3. The minimum Gasteiger partial charge on any atom is -0.497 e. The Morgan fingerprint density at radius 3 is 2.17 bits per heavy atom. The molecule has 1 saturated carbocycles. The van der Waals surface area contributed by atoms with Gasteiger partial charge in [0.2, 0.25) is 11.8 Å². The lowest BCUT2D eigenvalue weighted by Gasteiger charge is -2.34. The van der Waals surface area contributed by atoms with Gasteiger partial charge in [0.05, 0.1) is 17.7 Å². The smallest absolute Gasteiger partial charge is 0.264 e. The third kappa shape index (κ3) is 7.70. The van der Waals surface area contributed by atoms with Gasteiger partial charge in [-0.3, -0.25) is 13.9 Å². The molecular formula is C33H41N3O5S. The Balaban J connectivity index is 1.68. The van der Waals surface area contributed by atoms with Gasteiger partial charge in [-0.1, -0.05) is 74.2 Å². The second-order valence-electron chi connectivity index (χ2n) is 10.8. The van der Waals surface area contributed by atoms with Crippen LogP contribution in [0.4, 0.5) is 5.69 Å². The molecular weight excluding hydrogens is 550 g/mol. The minimum atomic E-state index is -4.14. The Labute approximate surface area is 249 Å². The van der Waals surface area contributed by atoms with Crippen LogP contribution in [0.5, 0.6) is 5.75 Å². The van der Waals surface area contributed by atoms with Crippen molar-refractivity contribution in [1.82, 2.24) is 10.2 Å². The number of carbonyl (C=O) groups excluding carboxylic acids is 2. The number of nitrogens with one attached hydrogen (secondary N) is 1. The summed E-state index contributed by atoms with van der Waals surface area (Å²) in [5.41, 5.74) is 2.18. The van der Waals surface area contributed by atoms with E-state index in [1.54, 1.807) is 24.3 Å². The Hall–Kier alpha value is -3.85. The number of methoxy groups -OCH3 is 1. The first-order chi connectivity index (χ1) is 20.2. The lowest BCUT2D eigenvalue weighted by molar-refractivity contribution is -0.140. The molecule has 0 unspecified atom stereocenters. The zero-order valence-electron chi connectivity index (χ0n) is 24.7. The molecule has 0 saturated heterocycles. The molecule has 1 aliphatic rings. The van der Waals surface area contributed by atoms with Crippen molar-refractivity contribution in [3.05, 3.63) is 90.0 Å². The fourth-order valence-electron chi connectivity index (χ4n) is 5.36. The molecule has 0 bridgehead atoms. The van der Waals surface area contributed by atoms with Gasteiger partial charge in [0.1, 0.15) is 18.3 Å². The summed E-state index contributed by atoms with van der Waals surface area (Å²) in [7, 11) is -2.63. The largest absolute Gasteiger partial charge is 0.497 e. The lowest BCUT2D eigenvalue weighted by atomic mass is 9.95. The number of ether oxygens (including phenoxy) is 1. The van der Waals surface area contributed by atoms with Crippen LogP contribution in [0.2, 0.25) is 0 Å². The molecule has 4 rings (SSSR count). The van der Waals surface area contributed by atoms with E-state index in [1.807, 2.05) is 56.3 Å². The molecule has 8 nitrogen and oxygen atoms in total. The van der Waals surface area contributed by atoms with Crippen LogP contribution in [0.15, 0.2) is 83.8 Å². The van der Waals surface area contributed by atoms with Crippen molar-refractivity contribution in [3.63, 3.8) is 0 Å². The van der Waals surface area contributed by atoms with Crippen LogP contribution in [0.1, 0.15) is 56.6 Å². The number of sulfonamides is 1. The summed E-state index contributed by atoms with van der Waals surface area (Å²) in [6, 6.07) is 21.9. The molecule has 1 aliphatic carbocycles. The molecule has 0 radical (unpaired) electrons. The van der Waals surface area contributed by atoms with Gasteiger partial charge in [0.25, 0.3) is 10.0 Å². The fraction of sp³-hybridized carbons (Fsp3) is 0.394. The highest BCUT2D eigenvalue weighted by atomic mass is 32.2. The first-order valence-electron chi connectivity index (χ1n) is 14.6. The summed E-state index contributed by atoms with van der Waals surface area (Å²) in [5, 5.41) is 3.17. The molecule has 3 aromatic rings. The normalized spacial score (nSPS) is 14.5. The molecule has 0 spiro atoms. The van der Waals surface area contributed by atoms with Gasteiger partial charge in [-0.15, -0.1) is 0 Å². The first kappa shape index (κ1) is 31.1. The fourth-order valence-corrected chi connectivity index (χ4v) is 6.77. The van der Waals surface area contributed by atoms with Gasteiger partial charge in [-0.25, -0.2) is 8.42 Å². The maximum Gasteiger partial charge on any atom is 0.264 e. The number of nitrogens with zero attached hydrogens (tertiary/aromatic N) is 2. The summed E-state index contributed by atoms with van der Waals surface area (Å²) in [6.07, 6.45) is 5.56. The third-order valence-corrected chi connectivity index (χ3v) is 9.57. The van der Waals surface area contributed by atoms with E-state index in [0.29, 0.717) is 17.9 Å². The maximum atomic E-state index is 14.2. The SMILES string of the molecule is CC[C@H](C(=O)NC1CCCCC1)N(Cc1ccccc1)C(=O)CN(c1ccc(C)cc1)S(=O)(=O)c1ccc(OC)cc1. The standard InChI is InChI=1S/C33H41N3O5S/c1-4-31(33(38)34-27-13-9-6-10-14-27)35(23-26-11-7-5-8-12-26)32(37)24-36(28-17-15-25(2)16-18-28)42(39,40)30-21-19-29(41-3)20-22-30/h5,7-8,11-12,15-22,27,31H,4,6,9-10,13-14,23-24H2,1-3H3,(H,34,38)/t31-/m1/s1. The third-order valence-electron chi connectivity index (χ3n) is 7.78. The van der Waals surface area contributed by atoms with Crippen LogP contribution < -0.4 is 14.4 Å². The van der Waals surface area contributed by atoms with Crippen molar-refractivity contribution in [2.24, 2.45) is 0 Å². The van der Waals surface area contributed by atoms with Crippen molar-refractivity contribution in [3.8, 4) is 5.75 Å². The Morgan fingerprint density at radius 2 is 1.57 bits per heavy atom. The number of anilines is 1. The van der Waals surface area contributed by atoms with Crippen molar-refractivity contribution in [2.45, 2.75) is 75.9 Å². The second-order valence-corrected chi connectivity index (χ2v) is 12.7. The van der Waals surface area contributed by atoms with Crippen LogP contribution in [0.3, 0.4) is 0 Å². The van der Waals surface area contributed by atoms with Crippen molar-refractivity contribution in [2.75, 3.05) is 18.0 Å². The molecule has 224 valence electrons. The maximum absolute atomic E-state index is 14.2. The summed E-state index contributed by atoms with van der Waals surface area (Å²) in [5.74, 6) is -0.133. The van der Waals surface area contributed by atoms with Gasteiger partial charge in [0, 0.05) is 12.6 Å². The molecule has 9 heteroatoms. The van der Waals surface area contributed by atoms with E-state index in [0.717, 1.165) is 41.1 Å².